The summed E-state index contributed by atoms with van der Waals surface area (Å²) in [6.45, 7) is 3.70. The van der Waals surface area contributed by atoms with Crippen molar-refractivity contribution in [2.24, 2.45) is 5.92 Å². The number of nitrogens with zero attached hydrogens (tertiary/aromatic N) is 3. The molecule has 0 radical (unpaired) electrons. The Morgan fingerprint density at radius 2 is 1.82 bits per heavy atom. The largest absolute Gasteiger partial charge is 0.480 e. The van der Waals surface area contributed by atoms with Crippen molar-refractivity contribution in [2.75, 3.05) is 11.5 Å². The molecule has 17 heavy (non-hydrogen) atoms. The van der Waals surface area contributed by atoms with Gasteiger partial charge in [-0.3, -0.25) is 4.79 Å². The third kappa shape index (κ3) is 4.06. The molecule has 1 unspecified atom stereocenters. The molecule has 0 bridgehead atoms. The summed E-state index contributed by atoms with van der Waals surface area (Å²) in [6, 6.07) is 0. The first-order valence-electron chi connectivity index (χ1n) is 5.00. The Balaban J connectivity index is 2.68. The topological polar surface area (TPSA) is 128 Å². The van der Waals surface area contributed by atoms with Gasteiger partial charge in [0.05, 0.1) is 5.75 Å². The molecule has 1 aromatic heterocycles. The van der Waals surface area contributed by atoms with E-state index in [-0.39, 0.29) is 17.8 Å². The Kier molecular flexibility index (Phi) is 4.50. The van der Waals surface area contributed by atoms with Crippen LogP contribution in [0.5, 0.6) is 0 Å². The molecule has 0 amide bonds. The molecule has 0 aliphatic heterocycles. The van der Waals surface area contributed by atoms with E-state index < -0.39 is 11.2 Å². The number of carboxylic acid groups (broad SMARTS) is 1. The quantitative estimate of drug-likeness (QED) is 0.690. The van der Waals surface area contributed by atoms with Crippen LogP contribution in [0.4, 0.5) is 11.9 Å². The number of aromatic nitrogens is 3. The lowest BCUT2D eigenvalue weighted by Crippen LogP contribution is -2.23. The maximum absolute atomic E-state index is 11.0. The van der Waals surface area contributed by atoms with E-state index in [1.807, 2.05) is 13.8 Å². The van der Waals surface area contributed by atoms with Crippen LogP contribution in [0.15, 0.2) is 0 Å². The number of carbonyl (C=O) groups is 1. The number of nitrogen functional groups attached to an aromatic ring is 2. The highest BCUT2D eigenvalue weighted by atomic mass is 32.2. The van der Waals surface area contributed by atoms with Gasteiger partial charge in [-0.1, -0.05) is 13.8 Å². The van der Waals surface area contributed by atoms with Crippen LogP contribution in [-0.4, -0.2) is 31.3 Å². The molecule has 8 heteroatoms. The van der Waals surface area contributed by atoms with E-state index in [1.165, 1.54) is 11.8 Å². The maximum atomic E-state index is 11.0. The minimum Gasteiger partial charge on any atom is -0.480 e. The van der Waals surface area contributed by atoms with Crippen LogP contribution < -0.4 is 11.5 Å². The summed E-state index contributed by atoms with van der Waals surface area (Å²) < 4.78 is 0. The van der Waals surface area contributed by atoms with E-state index in [0.717, 1.165) is 0 Å². The van der Waals surface area contributed by atoms with Gasteiger partial charge in [0, 0.05) is 0 Å². The molecule has 1 atom stereocenters. The van der Waals surface area contributed by atoms with Crippen LogP contribution in [0.25, 0.3) is 0 Å². The van der Waals surface area contributed by atoms with E-state index >= 15 is 0 Å². The Morgan fingerprint density at radius 1 is 1.29 bits per heavy atom. The minimum absolute atomic E-state index is 0.0223. The third-order valence-corrected chi connectivity index (χ3v) is 3.49. The first kappa shape index (κ1) is 13.5. The van der Waals surface area contributed by atoms with Crippen molar-refractivity contribution in [2.45, 2.75) is 24.9 Å². The van der Waals surface area contributed by atoms with Crippen molar-refractivity contribution in [3.63, 3.8) is 0 Å². The highest BCUT2D eigenvalue weighted by Crippen LogP contribution is 2.23. The van der Waals surface area contributed by atoms with Crippen molar-refractivity contribution in [1.82, 2.24) is 15.0 Å². The Hall–Kier alpha value is -1.57. The van der Waals surface area contributed by atoms with Gasteiger partial charge >= 0.3 is 5.97 Å². The number of carboxylic acids is 1. The number of anilines is 2. The second kappa shape index (κ2) is 5.67. The molecule has 0 saturated heterocycles. The zero-order valence-electron chi connectivity index (χ0n) is 9.62. The third-order valence-electron chi connectivity index (χ3n) is 1.96. The highest BCUT2D eigenvalue weighted by Gasteiger charge is 2.22. The first-order chi connectivity index (χ1) is 7.90. The summed E-state index contributed by atoms with van der Waals surface area (Å²) in [5.41, 5.74) is 10.8. The van der Waals surface area contributed by atoms with Crippen LogP contribution in [-0.2, 0) is 10.5 Å². The Morgan fingerprint density at radius 3 is 2.24 bits per heavy atom. The van der Waals surface area contributed by atoms with Gasteiger partial charge < -0.3 is 16.6 Å². The van der Waals surface area contributed by atoms with Crippen molar-refractivity contribution in [3.8, 4) is 0 Å². The molecule has 0 saturated carbocycles. The molecule has 7 nitrogen and oxygen atoms in total. The monoisotopic (exact) mass is 257 g/mol. The van der Waals surface area contributed by atoms with Crippen molar-refractivity contribution in [3.05, 3.63) is 5.82 Å². The lowest BCUT2D eigenvalue weighted by atomic mass is 10.1. The zero-order valence-corrected chi connectivity index (χ0v) is 10.4. The number of aliphatic carboxylic acids is 1. The second-order valence-corrected chi connectivity index (χ2v) is 4.91. The van der Waals surface area contributed by atoms with Gasteiger partial charge in [-0.05, 0) is 5.92 Å². The van der Waals surface area contributed by atoms with Crippen LogP contribution in [0.3, 0.4) is 0 Å². The zero-order chi connectivity index (χ0) is 13.0. The fourth-order valence-corrected chi connectivity index (χ4v) is 2.22. The first-order valence-corrected chi connectivity index (χ1v) is 6.05. The van der Waals surface area contributed by atoms with Gasteiger partial charge in [0.1, 0.15) is 11.1 Å². The summed E-state index contributed by atoms with van der Waals surface area (Å²) in [5.74, 6) is 0.00137. The van der Waals surface area contributed by atoms with Crippen molar-refractivity contribution in [1.29, 1.82) is 0 Å². The van der Waals surface area contributed by atoms with E-state index in [2.05, 4.69) is 15.0 Å². The van der Waals surface area contributed by atoms with E-state index in [0.29, 0.717) is 11.6 Å². The Labute approximate surface area is 103 Å². The normalized spacial score (nSPS) is 12.6. The average Bonchev–Trinajstić information content (AvgIpc) is 2.14. The van der Waals surface area contributed by atoms with Gasteiger partial charge in [0.25, 0.3) is 0 Å². The fraction of sp³-hybridized carbons (Fsp3) is 0.556. The molecule has 1 rings (SSSR count). The smallest absolute Gasteiger partial charge is 0.316 e. The van der Waals surface area contributed by atoms with E-state index in [4.69, 9.17) is 16.6 Å². The molecule has 5 N–H and O–H groups in total. The molecule has 1 aromatic rings. The van der Waals surface area contributed by atoms with Crippen molar-refractivity contribution < 1.29 is 9.90 Å². The molecule has 0 aromatic carbocycles. The fourth-order valence-electron chi connectivity index (χ4n) is 1.23. The van der Waals surface area contributed by atoms with Gasteiger partial charge in [-0.2, -0.15) is 15.0 Å². The van der Waals surface area contributed by atoms with Crippen LogP contribution >= 0.6 is 11.8 Å². The van der Waals surface area contributed by atoms with E-state index in [1.54, 1.807) is 0 Å². The standard InChI is InChI=1S/C9H15N5O2S/c1-4(2)6(7(15)16)17-3-5-12-8(10)14-9(11)13-5/h4,6H,3H2,1-2H3,(H,15,16)(H4,10,11,12,13,14). The summed E-state index contributed by atoms with van der Waals surface area (Å²) in [5, 5.41) is 8.50. The molecule has 0 fully saturated rings. The van der Waals surface area contributed by atoms with Gasteiger partial charge in [0.15, 0.2) is 0 Å². The molecule has 94 valence electrons. The number of thioether (sulfide) groups is 1. The molecule has 0 aliphatic carbocycles. The van der Waals surface area contributed by atoms with E-state index in [9.17, 15) is 4.79 Å². The summed E-state index contributed by atoms with van der Waals surface area (Å²) >= 11 is 1.24. The SMILES string of the molecule is CC(C)C(SCc1nc(N)nc(N)n1)C(=O)O. The molecule has 0 spiro atoms. The second-order valence-electron chi connectivity index (χ2n) is 3.78. The Bertz CT molecular complexity index is 392. The van der Waals surface area contributed by atoms with Gasteiger partial charge in [0.2, 0.25) is 11.9 Å². The predicted octanol–water partition coefficient (Wildman–Crippen LogP) is 0.378. The molecular formula is C9H15N5O2S. The summed E-state index contributed by atoms with van der Waals surface area (Å²) in [7, 11) is 0. The number of nitrogens with two attached hydrogens (primary N) is 2. The number of rotatable bonds is 5. The summed E-state index contributed by atoms with van der Waals surface area (Å²) in [4.78, 5) is 22.4. The van der Waals surface area contributed by atoms with Crippen LogP contribution in [0, 0.1) is 5.92 Å². The van der Waals surface area contributed by atoms with Crippen LogP contribution in [0.2, 0.25) is 0 Å². The van der Waals surface area contributed by atoms with Gasteiger partial charge in [-0.15, -0.1) is 11.8 Å². The minimum atomic E-state index is -0.847. The predicted molar refractivity (Wildman–Crippen MR) is 66.2 cm³/mol. The van der Waals surface area contributed by atoms with Crippen molar-refractivity contribution >= 4 is 29.6 Å². The highest BCUT2D eigenvalue weighted by molar-refractivity contribution is 7.99. The molecule has 0 aliphatic rings. The maximum Gasteiger partial charge on any atom is 0.316 e. The summed E-state index contributed by atoms with van der Waals surface area (Å²) in [6.07, 6.45) is 0. The number of hydrogen-bond acceptors (Lipinski definition) is 7. The molecule has 1 heterocycles. The van der Waals surface area contributed by atoms with Gasteiger partial charge in [-0.25, -0.2) is 0 Å². The lowest BCUT2D eigenvalue weighted by Gasteiger charge is -2.14. The number of hydrogen-bond donors (Lipinski definition) is 3. The van der Waals surface area contributed by atoms with Crippen LogP contribution in [0.1, 0.15) is 19.7 Å². The average molecular weight is 257 g/mol. The lowest BCUT2D eigenvalue weighted by molar-refractivity contribution is -0.137. The molecular weight excluding hydrogens is 242 g/mol.